The van der Waals surface area contributed by atoms with Crippen molar-refractivity contribution in [1.29, 1.82) is 0 Å². The van der Waals surface area contributed by atoms with Crippen molar-refractivity contribution in [3.05, 3.63) is 66.0 Å². The van der Waals surface area contributed by atoms with Crippen molar-refractivity contribution in [2.24, 2.45) is 0 Å². The largest absolute Gasteiger partial charge is 0.310 e. The van der Waals surface area contributed by atoms with Crippen LogP contribution >= 0.6 is 0 Å². The van der Waals surface area contributed by atoms with E-state index in [9.17, 15) is 0 Å². The first-order valence-electron chi connectivity index (χ1n) is 7.03. The second kappa shape index (κ2) is 7.70. The van der Waals surface area contributed by atoms with Crippen molar-refractivity contribution in [1.82, 2.24) is 10.3 Å². The second-order valence-electron chi connectivity index (χ2n) is 4.90. The van der Waals surface area contributed by atoms with Crippen molar-refractivity contribution in [2.45, 2.75) is 32.2 Å². The zero-order valence-electron chi connectivity index (χ0n) is 11.5. The molecular formula is C17H22N2. The monoisotopic (exact) mass is 254 g/mol. The summed E-state index contributed by atoms with van der Waals surface area (Å²) in [6.45, 7) is 3.25. The number of unbranched alkanes of at least 4 members (excludes halogenated alkanes) is 1. The van der Waals surface area contributed by atoms with Crippen LogP contribution < -0.4 is 5.32 Å². The third-order valence-electron chi connectivity index (χ3n) is 3.37. The molecule has 1 aromatic heterocycles. The first kappa shape index (κ1) is 13.8. The second-order valence-corrected chi connectivity index (χ2v) is 4.90. The molecule has 1 heterocycles. The highest BCUT2D eigenvalue weighted by atomic mass is 14.9. The van der Waals surface area contributed by atoms with Gasteiger partial charge in [-0.2, -0.15) is 0 Å². The molecule has 1 N–H and O–H groups in total. The molecule has 0 bridgehead atoms. The average molecular weight is 254 g/mol. The van der Waals surface area contributed by atoms with Gasteiger partial charge in [0.15, 0.2) is 0 Å². The van der Waals surface area contributed by atoms with Crippen LogP contribution in [0.4, 0.5) is 0 Å². The van der Waals surface area contributed by atoms with Gasteiger partial charge in [0.1, 0.15) is 0 Å². The van der Waals surface area contributed by atoms with Crippen molar-refractivity contribution < 1.29 is 0 Å². The lowest BCUT2D eigenvalue weighted by Crippen LogP contribution is -2.20. The van der Waals surface area contributed by atoms with Gasteiger partial charge in [-0.15, -0.1) is 0 Å². The fourth-order valence-corrected chi connectivity index (χ4v) is 2.17. The quantitative estimate of drug-likeness (QED) is 0.761. The molecule has 0 unspecified atom stereocenters. The molecule has 0 spiro atoms. The smallest absolute Gasteiger partial charge is 0.0315 e. The molecule has 19 heavy (non-hydrogen) atoms. The maximum Gasteiger partial charge on any atom is 0.0315 e. The van der Waals surface area contributed by atoms with E-state index >= 15 is 0 Å². The summed E-state index contributed by atoms with van der Waals surface area (Å²) < 4.78 is 0. The molecule has 0 aliphatic carbocycles. The zero-order valence-corrected chi connectivity index (χ0v) is 11.5. The summed E-state index contributed by atoms with van der Waals surface area (Å²) in [6.07, 6.45) is 7.36. The number of nitrogens with one attached hydrogen (secondary N) is 1. The number of hydrogen-bond acceptors (Lipinski definition) is 2. The van der Waals surface area contributed by atoms with Crippen molar-refractivity contribution >= 4 is 0 Å². The number of benzene rings is 1. The topological polar surface area (TPSA) is 24.9 Å². The first-order valence-corrected chi connectivity index (χ1v) is 7.03. The fraction of sp³-hybridized carbons (Fsp3) is 0.353. The van der Waals surface area contributed by atoms with Gasteiger partial charge in [0.25, 0.3) is 0 Å². The van der Waals surface area contributed by atoms with E-state index in [0.29, 0.717) is 6.04 Å². The van der Waals surface area contributed by atoms with Crippen LogP contribution in [0.15, 0.2) is 54.9 Å². The molecule has 1 atom stereocenters. The fourth-order valence-electron chi connectivity index (χ4n) is 2.17. The molecule has 0 saturated heterocycles. The summed E-state index contributed by atoms with van der Waals surface area (Å²) in [5.74, 6) is 0. The van der Waals surface area contributed by atoms with E-state index in [1.54, 1.807) is 0 Å². The third-order valence-corrected chi connectivity index (χ3v) is 3.37. The Bertz CT molecular complexity index is 453. The summed E-state index contributed by atoms with van der Waals surface area (Å²) in [7, 11) is 0. The van der Waals surface area contributed by atoms with Crippen molar-refractivity contribution in [2.75, 3.05) is 6.54 Å². The molecule has 0 radical (unpaired) electrons. The van der Waals surface area contributed by atoms with Gasteiger partial charge >= 0.3 is 0 Å². The molecule has 0 aliphatic rings. The Morgan fingerprint density at radius 2 is 1.89 bits per heavy atom. The zero-order chi connectivity index (χ0) is 13.3. The molecule has 2 rings (SSSR count). The summed E-state index contributed by atoms with van der Waals surface area (Å²) in [4.78, 5) is 4.15. The molecule has 0 saturated carbocycles. The van der Waals surface area contributed by atoms with Crippen LogP contribution in [0.1, 0.15) is 36.9 Å². The maximum absolute atomic E-state index is 4.15. The van der Waals surface area contributed by atoms with E-state index in [1.807, 2.05) is 18.5 Å². The molecule has 1 aromatic carbocycles. The normalized spacial score (nSPS) is 12.3. The third kappa shape index (κ3) is 4.84. The number of aryl methyl sites for hydroxylation is 1. The average Bonchev–Trinajstić information content (AvgIpc) is 2.49. The Morgan fingerprint density at radius 1 is 1.05 bits per heavy atom. The van der Waals surface area contributed by atoms with Gasteiger partial charge in [-0.05, 0) is 49.9 Å². The predicted octanol–water partition coefficient (Wildman–Crippen LogP) is 3.76. The SMILES string of the molecule is C[C@@H](NCCCCc1ccccc1)c1cccnc1. The molecule has 0 amide bonds. The molecule has 0 fully saturated rings. The molecule has 2 heteroatoms. The Kier molecular flexibility index (Phi) is 5.57. The van der Waals surface area contributed by atoms with Gasteiger partial charge in [-0.3, -0.25) is 4.98 Å². The molecule has 2 nitrogen and oxygen atoms in total. The van der Waals surface area contributed by atoms with E-state index in [-0.39, 0.29) is 0 Å². The number of hydrogen-bond donors (Lipinski definition) is 1. The van der Waals surface area contributed by atoms with Gasteiger partial charge in [0.05, 0.1) is 0 Å². The van der Waals surface area contributed by atoms with Gasteiger partial charge in [-0.25, -0.2) is 0 Å². The number of nitrogens with zero attached hydrogens (tertiary/aromatic N) is 1. The van der Waals surface area contributed by atoms with Gasteiger partial charge in [0, 0.05) is 18.4 Å². The van der Waals surface area contributed by atoms with E-state index in [4.69, 9.17) is 0 Å². The van der Waals surface area contributed by atoms with Gasteiger partial charge in [-0.1, -0.05) is 36.4 Å². The lowest BCUT2D eigenvalue weighted by atomic mass is 10.1. The van der Waals surface area contributed by atoms with Crippen LogP contribution in [0.3, 0.4) is 0 Å². The van der Waals surface area contributed by atoms with E-state index in [2.05, 4.69) is 53.6 Å². The Balaban J connectivity index is 1.62. The minimum Gasteiger partial charge on any atom is -0.310 e. The minimum atomic E-state index is 0.380. The van der Waals surface area contributed by atoms with Gasteiger partial charge < -0.3 is 5.32 Å². The molecule has 2 aromatic rings. The maximum atomic E-state index is 4.15. The van der Waals surface area contributed by atoms with Crippen molar-refractivity contribution in [3.8, 4) is 0 Å². The number of rotatable bonds is 7. The number of pyridine rings is 1. The number of aromatic nitrogens is 1. The highest BCUT2D eigenvalue weighted by Gasteiger charge is 2.03. The summed E-state index contributed by atoms with van der Waals surface area (Å²) in [5, 5.41) is 3.55. The minimum absolute atomic E-state index is 0.380. The van der Waals surface area contributed by atoms with Crippen LogP contribution in [0.2, 0.25) is 0 Å². The van der Waals surface area contributed by atoms with Crippen LogP contribution in [-0.4, -0.2) is 11.5 Å². The highest BCUT2D eigenvalue weighted by Crippen LogP contribution is 2.10. The lowest BCUT2D eigenvalue weighted by molar-refractivity contribution is 0.545. The Morgan fingerprint density at radius 3 is 2.63 bits per heavy atom. The molecule has 0 aliphatic heterocycles. The summed E-state index contributed by atoms with van der Waals surface area (Å²) in [6, 6.07) is 15.2. The lowest BCUT2D eigenvalue weighted by Gasteiger charge is -2.13. The van der Waals surface area contributed by atoms with Crippen LogP contribution in [0.5, 0.6) is 0 Å². The standard InChI is InChI=1S/C17H22N2/c1-15(17-11-7-12-18-14-17)19-13-6-5-10-16-8-3-2-4-9-16/h2-4,7-9,11-12,14-15,19H,5-6,10,13H2,1H3/t15-/m1/s1. The van der Waals surface area contributed by atoms with Crippen LogP contribution in [-0.2, 0) is 6.42 Å². The highest BCUT2D eigenvalue weighted by molar-refractivity contribution is 5.14. The van der Waals surface area contributed by atoms with E-state index in [1.165, 1.54) is 30.4 Å². The summed E-state index contributed by atoms with van der Waals surface area (Å²) in [5.41, 5.74) is 2.69. The van der Waals surface area contributed by atoms with Crippen LogP contribution in [0.25, 0.3) is 0 Å². The summed E-state index contributed by atoms with van der Waals surface area (Å²) >= 11 is 0. The van der Waals surface area contributed by atoms with Crippen LogP contribution in [0, 0.1) is 0 Å². The molecular weight excluding hydrogens is 232 g/mol. The van der Waals surface area contributed by atoms with Gasteiger partial charge in [0.2, 0.25) is 0 Å². The van der Waals surface area contributed by atoms with E-state index < -0.39 is 0 Å². The molecule has 100 valence electrons. The van der Waals surface area contributed by atoms with Crippen molar-refractivity contribution in [3.63, 3.8) is 0 Å². The predicted molar refractivity (Wildman–Crippen MR) is 80.0 cm³/mol. The Labute approximate surface area is 115 Å². The Hall–Kier alpha value is -1.67. The van der Waals surface area contributed by atoms with E-state index in [0.717, 1.165) is 6.54 Å². The first-order chi connectivity index (χ1) is 9.36.